The highest BCUT2D eigenvalue weighted by atomic mass is 35.5. The van der Waals surface area contributed by atoms with Gasteiger partial charge >= 0.3 is 0 Å². The first kappa shape index (κ1) is 15.2. The van der Waals surface area contributed by atoms with E-state index in [1.807, 2.05) is 37.9 Å². The number of aryl methyl sites for hydroxylation is 2. The molecule has 1 amide bonds. The van der Waals surface area contributed by atoms with Gasteiger partial charge in [0.2, 0.25) is 0 Å². The monoisotopic (exact) mass is 303 g/mol. The molecule has 4 nitrogen and oxygen atoms in total. The lowest BCUT2D eigenvalue weighted by Crippen LogP contribution is -2.20. The second kappa shape index (κ2) is 5.66. The lowest BCUT2D eigenvalue weighted by Gasteiger charge is -2.25. The molecule has 0 heterocycles. The molecule has 2 rings (SSSR count). The van der Waals surface area contributed by atoms with Gasteiger partial charge in [-0.3, -0.25) is 4.79 Å². The Kier molecular flexibility index (Phi) is 4.09. The zero-order chi connectivity index (χ0) is 15.7. The van der Waals surface area contributed by atoms with E-state index >= 15 is 0 Å². The largest absolute Gasteiger partial charge is 0.399 e. The van der Waals surface area contributed by atoms with Crippen LogP contribution in [0.2, 0.25) is 5.02 Å². The van der Waals surface area contributed by atoms with Gasteiger partial charge in [-0.2, -0.15) is 0 Å². The molecular formula is C16H18ClN3O. The summed E-state index contributed by atoms with van der Waals surface area (Å²) >= 11 is 6.28. The predicted octanol–water partition coefficient (Wildman–Crippen LogP) is 3.41. The number of nitrogens with two attached hydrogens (primary N) is 2. The Labute approximate surface area is 129 Å². The molecule has 0 spiro atoms. The third-order valence-electron chi connectivity index (χ3n) is 3.40. The van der Waals surface area contributed by atoms with Crippen molar-refractivity contribution in [2.24, 2.45) is 5.73 Å². The number of primary amides is 1. The van der Waals surface area contributed by atoms with Crippen molar-refractivity contribution in [2.75, 3.05) is 17.7 Å². The molecule has 21 heavy (non-hydrogen) atoms. The molecular weight excluding hydrogens is 286 g/mol. The zero-order valence-electron chi connectivity index (χ0n) is 12.3. The number of anilines is 3. The third kappa shape index (κ3) is 2.95. The summed E-state index contributed by atoms with van der Waals surface area (Å²) in [5.74, 6) is -0.559. The summed E-state index contributed by atoms with van der Waals surface area (Å²) in [6.45, 7) is 4.04. The van der Waals surface area contributed by atoms with Crippen LogP contribution < -0.4 is 16.4 Å². The van der Waals surface area contributed by atoms with Crippen LogP contribution in [0.4, 0.5) is 17.1 Å². The van der Waals surface area contributed by atoms with Crippen LogP contribution in [0.15, 0.2) is 30.3 Å². The number of benzene rings is 2. The Morgan fingerprint density at radius 3 is 2.43 bits per heavy atom. The third-order valence-corrected chi connectivity index (χ3v) is 3.69. The zero-order valence-corrected chi connectivity index (χ0v) is 13.0. The fourth-order valence-corrected chi connectivity index (χ4v) is 2.81. The maximum atomic E-state index is 11.7. The SMILES string of the molecule is Cc1ccc(N(C)c2c(Cl)cc(N)cc2C(N)=O)c(C)c1. The Hall–Kier alpha value is -2.20. The molecule has 5 heteroatoms. The van der Waals surface area contributed by atoms with E-state index in [4.69, 9.17) is 23.1 Å². The molecule has 0 aromatic heterocycles. The first-order valence-electron chi connectivity index (χ1n) is 6.51. The van der Waals surface area contributed by atoms with Crippen molar-refractivity contribution in [3.05, 3.63) is 52.0 Å². The topological polar surface area (TPSA) is 72.3 Å². The lowest BCUT2D eigenvalue weighted by molar-refractivity contribution is 0.100. The number of nitrogen functional groups attached to an aromatic ring is 1. The van der Waals surface area contributed by atoms with E-state index in [1.54, 1.807) is 12.1 Å². The summed E-state index contributed by atoms with van der Waals surface area (Å²) in [4.78, 5) is 13.5. The van der Waals surface area contributed by atoms with Gasteiger partial charge < -0.3 is 16.4 Å². The Balaban J connectivity index is 2.62. The second-order valence-electron chi connectivity index (χ2n) is 5.11. The number of rotatable bonds is 3. The average molecular weight is 304 g/mol. The minimum Gasteiger partial charge on any atom is -0.399 e. The summed E-state index contributed by atoms with van der Waals surface area (Å²) in [5, 5.41) is 0.395. The van der Waals surface area contributed by atoms with Gasteiger partial charge in [0.25, 0.3) is 5.91 Å². The van der Waals surface area contributed by atoms with Gasteiger partial charge in [-0.25, -0.2) is 0 Å². The summed E-state index contributed by atoms with van der Waals surface area (Å²) in [7, 11) is 1.85. The first-order valence-corrected chi connectivity index (χ1v) is 6.89. The number of carbonyl (C=O) groups excluding carboxylic acids is 1. The fraction of sp³-hybridized carbons (Fsp3) is 0.188. The quantitative estimate of drug-likeness (QED) is 0.854. The molecule has 0 atom stereocenters. The van der Waals surface area contributed by atoms with Crippen molar-refractivity contribution in [3.63, 3.8) is 0 Å². The molecule has 0 unspecified atom stereocenters. The summed E-state index contributed by atoms with van der Waals surface area (Å²) in [5.41, 5.74) is 15.7. The highest BCUT2D eigenvalue weighted by Gasteiger charge is 2.19. The van der Waals surface area contributed by atoms with E-state index < -0.39 is 5.91 Å². The summed E-state index contributed by atoms with van der Waals surface area (Å²) in [6.07, 6.45) is 0. The number of amides is 1. The van der Waals surface area contributed by atoms with Gasteiger partial charge in [0.05, 0.1) is 16.3 Å². The van der Waals surface area contributed by atoms with Crippen LogP contribution in [0.25, 0.3) is 0 Å². The standard InChI is InChI=1S/C16H18ClN3O/c1-9-4-5-14(10(2)6-9)20(3)15-12(16(19)21)7-11(18)8-13(15)17/h4-8H,18H2,1-3H3,(H2,19,21). The minimum atomic E-state index is -0.559. The molecule has 0 fully saturated rings. The molecule has 2 aromatic rings. The van der Waals surface area contributed by atoms with Gasteiger partial charge in [-0.05, 0) is 37.6 Å². The van der Waals surface area contributed by atoms with Crippen LogP contribution in [0.1, 0.15) is 21.5 Å². The van der Waals surface area contributed by atoms with Crippen molar-refractivity contribution in [1.82, 2.24) is 0 Å². The van der Waals surface area contributed by atoms with Gasteiger partial charge in [-0.15, -0.1) is 0 Å². The molecule has 0 aliphatic carbocycles. The number of halogens is 1. The average Bonchev–Trinajstić information content (AvgIpc) is 2.36. The molecule has 0 aliphatic rings. The number of hydrogen-bond acceptors (Lipinski definition) is 3. The maximum absolute atomic E-state index is 11.7. The number of nitrogens with zero attached hydrogens (tertiary/aromatic N) is 1. The van der Waals surface area contributed by atoms with Crippen LogP contribution in [-0.4, -0.2) is 13.0 Å². The van der Waals surface area contributed by atoms with Crippen LogP contribution in [0, 0.1) is 13.8 Å². The van der Waals surface area contributed by atoms with Crippen molar-refractivity contribution in [1.29, 1.82) is 0 Å². The second-order valence-corrected chi connectivity index (χ2v) is 5.52. The predicted molar refractivity (Wildman–Crippen MR) is 88.4 cm³/mol. The fourth-order valence-electron chi connectivity index (χ4n) is 2.45. The van der Waals surface area contributed by atoms with Crippen molar-refractivity contribution < 1.29 is 4.79 Å². The molecule has 0 bridgehead atoms. The highest BCUT2D eigenvalue weighted by Crippen LogP contribution is 2.37. The smallest absolute Gasteiger partial charge is 0.250 e. The molecule has 110 valence electrons. The van der Waals surface area contributed by atoms with E-state index in [2.05, 4.69) is 6.07 Å². The van der Waals surface area contributed by atoms with Gasteiger partial charge in [0.15, 0.2) is 0 Å². The number of carbonyl (C=O) groups is 1. The van der Waals surface area contributed by atoms with E-state index in [0.29, 0.717) is 22.0 Å². The van der Waals surface area contributed by atoms with Crippen LogP contribution in [0.5, 0.6) is 0 Å². The first-order chi connectivity index (χ1) is 9.81. The Morgan fingerprint density at radius 2 is 1.86 bits per heavy atom. The molecule has 2 aromatic carbocycles. The van der Waals surface area contributed by atoms with Gasteiger partial charge in [0, 0.05) is 18.4 Å². The van der Waals surface area contributed by atoms with E-state index in [0.717, 1.165) is 11.3 Å². The van der Waals surface area contributed by atoms with Crippen molar-refractivity contribution in [2.45, 2.75) is 13.8 Å². The van der Waals surface area contributed by atoms with Gasteiger partial charge in [0.1, 0.15) is 0 Å². The molecule has 0 saturated heterocycles. The maximum Gasteiger partial charge on any atom is 0.250 e. The van der Waals surface area contributed by atoms with Crippen LogP contribution in [0.3, 0.4) is 0 Å². The summed E-state index contributed by atoms with van der Waals surface area (Å²) in [6, 6.07) is 9.23. The lowest BCUT2D eigenvalue weighted by atomic mass is 10.1. The van der Waals surface area contributed by atoms with E-state index in [-0.39, 0.29) is 0 Å². The van der Waals surface area contributed by atoms with E-state index in [9.17, 15) is 4.79 Å². The Morgan fingerprint density at radius 1 is 1.19 bits per heavy atom. The highest BCUT2D eigenvalue weighted by molar-refractivity contribution is 6.34. The molecule has 4 N–H and O–H groups in total. The molecule has 0 aliphatic heterocycles. The van der Waals surface area contributed by atoms with Gasteiger partial charge in [-0.1, -0.05) is 29.3 Å². The summed E-state index contributed by atoms with van der Waals surface area (Å²) < 4.78 is 0. The van der Waals surface area contributed by atoms with Crippen molar-refractivity contribution >= 4 is 34.6 Å². The van der Waals surface area contributed by atoms with Crippen LogP contribution in [-0.2, 0) is 0 Å². The Bertz CT molecular complexity index is 713. The number of hydrogen-bond donors (Lipinski definition) is 2. The molecule has 0 saturated carbocycles. The van der Waals surface area contributed by atoms with Crippen LogP contribution >= 0.6 is 11.6 Å². The normalized spacial score (nSPS) is 10.5. The van der Waals surface area contributed by atoms with E-state index in [1.165, 1.54) is 5.56 Å². The molecule has 0 radical (unpaired) electrons. The van der Waals surface area contributed by atoms with Crippen molar-refractivity contribution in [3.8, 4) is 0 Å². The minimum absolute atomic E-state index is 0.308.